The fraction of sp³-hybridized carbons (Fsp3) is 0.444. The number of aryl methyl sites for hydroxylation is 1. The molecule has 0 aromatic carbocycles. The smallest absolute Gasteiger partial charge is 0.174 e. The highest BCUT2D eigenvalue weighted by atomic mass is 32.2. The van der Waals surface area contributed by atoms with E-state index in [-0.39, 0.29) is 17.2 Å². The third-order valence-corrected chi connectivity index (χ3v) is 3.72. The van der Waals surface area contributed by atoms with E-state index in [1.807, 2.05) is 13.0 Å². The maximum atomic E-state index is 11.6. The van der Waals surface area contributed by atoms with E-state index in [0.29, 0.717) is 4.34 Å². The summed E-state index contributed by atoms with van der Waals surface area (Å²) in [7, 11) is 0. The van der Waals surface area contributed by atoms with Crippen LogP contribution in [-0.2, 0) is 4.79 Å². The van der Waals surface area contributed by atoms with Gasteiger partial charge in [-0.15, -0.1) is 10.2 Å². The van der Waals surface area contributed by atoms with Gasteiger partial charge in [0.2, 0.25) is 0 Å². The molecule has 1 aromatic rings. The number of thioether (sulfide) groups is 1. The van der Waals surface area contributed by atoms with E-state index in [0.717, 1.165) is 5.01 Å². The Morgan fingerprint density at radius 3 is 2.81 bits per heavy atom. The van der Waals surface area contributed by atoms with Crippen LogP contribution in [0.1, 0.15) is 11.9 Å². The second-order valence-corrected chi connectivity index (χ2v) is 5.49. The lowest BCUT2D eigenvalue weighted by molar-refractivity contribution is -0.117. The number of aromatic nitrogens is 2. The van der Waals surface area contributed by atoms with Gasteiger partial charge in [0.1, 0.15) is 10.9 Å². The first-order valence-corrected chi connectivity index (χ1v) is 6.25. The number of rotatable bonds is 5. The second-order valence-electron chi connectivity index (χ2n) is 3.09. The number of ketones is 1. The maximum absolute atomic E-state index is 11.6. The Morgan fingerprint density at radius 2 is 2.38 bits per heavy atom. The number of Topliss-reactive ketones (excluding diaryl/α,β-unsaturated/α-hetero) is 1. The predicted octanol–water partition coefficient (Wildman–Crippen LogP) is 1.69. The Morgan fingerprint density at radius 1 is 1.69 bits per heavy atom. The van der Waals surface area contributed by atoms with Crippen molar-refractivity contribution in [3.63, 3.8) is 0 Å². The normalized spacial score (nSPS) is 11.8. The lowest BCUT2D eigenvalue weighted by Gasteiger charge is -2.03. The molecule has 0 aliphatic rings. The molecule has 0 amide bonds. The average molecular weight is 254 g/mol. The molecule has 7 heteroatoms. The standard InChI is InChI=1S/C9H10N4OS2/c1-5(11)7(3-10)8(14)4-15-9-13-12-6(2)16-9/h7,11H,4H2,1-2H3/t7-/m0/s1. The van der Waals surface area contributed by atoms with Crippen molar-refractivity contribution < 1.29 is 4.79 Å². The molecule has 1 heterocycles. The van der Waals surface area contributed by atoms with Crippen LogP contribution in [0.3, 0.4) is 0 Å². The summed E-state index contributed by atoms with van der Waals surface area (Å²) in [4.78, 5) is 11.6. The summed E-state index contributed by atoms with van der Waals surface area (Å²) in [5, 5.41) is 24.5. The van der Waals surface area contributed by atoms with Crippen LogP contribution >= 0.6 is 23.1 Å². The lowest BCUT2D eigenvalue weighted by Crippen LogP contribution is -2.21. The van der Waals surface area contributed by atoms with Crippen LogP contribution in [0.25, 0.3) is 0 Å². The molecule has 1 aromatic heterocycles. The molecule has 0 spiro atoms. The van der Waals surface area contributed by atoms with Crippen LogP contribution < -0.4 is 0 Å². The first-order valence-electron chi connectivity index (χ1n) is 4.45. The van der Waals surface area contributed by atoms with Crippen LogP contribution in [0.5, 0.6) is 0 Å². The molecular formula is C9H10N4OS2. The quantitative estimate of drug-likeness (QED) is 0.637. The van der Waals surface area contributed by atoms with Crippen molar-refractivity contribution in [1.82, 2.24) is 10.2 Å². The lowest BCUT2D eigenvalue weighted by atomic mass is 10.0. The maximum Gasteiger partial charge on any atom is 0.174 e. The average Bonchev–Trinajstić information content (AvgIpc) is 2.62. The van der Waals surface area contributed by atoms with Gasteiger partial charge in [-0.2, -0.15) is 5.26 Å². The number of carbonyl (C=O) groups is 1. The van der Waals surface area contributed by atoms with Crippen LogP contribution in [0.15, 0.2) is 4.34 Å². The van der Waals surface area contributed by atoms with Gasteiger partial charge in [-0.1, -0.05) is 23.1 Å². The van der Waals surface area contributed by atoms with Gasteiger partial charge in [-0.3, -0.25) is 4.79 Å². The van der Waals surface area contributed by atoms with E-state index in [1.54, 1.807) is 0 Å². The van der Waals surface area contributed by atoms with Crippen molar-refractivity contribution in [1.29, 1.82) is 10.7 Å². The second kappa shape index (κ2) is 5.72. The fourth-order valence-electron chi connectivity index (χ4n) is 0.963. The highest BCUT2D eigenvalue weighted by molar-refractivity contribution is 8.01. The van der Waals surface area contributed by atoms with Gasteiger partial charge >= 0.3 is 0 Å². The molecule has 0 aliphatic carbocycles. The van der Waals surface area contributed by atoms with E-state index in [4.69, 9.17) is 10.7 Å². The molecule has 1 N–H and O–H groups in total. The van der Waals surface area contributed by atoms with Gasteiger partial charge in [0.25, 0.3) is 0 Å². The molecule has 1 atom stereocenters. The minimum atomic E-state index is -0.929. The Hall–Kier alpha value is -1.26. The fourth-order valence-corrected chi connectivity index (χ4v) is 2.68. The Kier molecular flexibility index (Phi) is 4.58. The molecule has 0 fully saturated rings. The molecule has 0 unspecified atom stereocenters. The largest absolute Gasteiger partial charge is 0.308 e. The molecule has 1 rings (SSSR count). The molecule has 0 saturated heterocycles. The Bertz CT molecular complexity index is 449. The highest BCUT2D eigenvalue weighted by Gasteiger charge is 2.20. The van der Waals surface area contributed by atoms with Crippen molar-refractivity contribution in [2.24, 2.45) is 5.92 Å². The summed E-state index contributed by atoms with van der Waals surface area (Å²) in [6, 6.07) is 1.82. The number of nitrogens with one attached hydrogen (secondary N) is 1. The zero-order valence-corrected chi connectivity index (χ0v) is 10.5. The van der Waals surface area contributed by atoms with Gasteiger partial charge < -0.3 is 5.41 Å². The number of nitriles is 1. The molecule has 0 saturated carbocycles. The first kappa shape index (κ1) is 12.8. The van der Waals surface area contributed by atoms with Gasteiger partial charge in [0, 0.05) is 5.71 Å². The van der Waals surface area contributed by atoms with Crippen molar-refractivity contribution in [2.75, 3.05) is 5.75 Å². The summed E-state index contributed by atoms with van der Waals surface area (Å²) >= 11 is 2.67. The van der Waals surface area contributed by atoms with E-state index in [9.17, 15) is 4.79 Å². The van der Waals surface area contributed by atoms with Gasteiger partial charge in [-0.05, 0) is 13.8 Å². The Labute approximate surface area is 101 Å². The molecule has 5 nitrogen and oxygen atoms in total. The van der Waals surface area contributed by atoms with E-state index >= 15 is 0 Å². The monoisotopic (exact) mass is 254 g/mol. The third kappa shape index (κ3) is 3.40. The molecular weight excluding hydrogens is 244 g/mol. The van der Waals surface area contributed by atoms with Crippen molar-refractivity contribution in [3.05, 3.63) is 5.01 Å². The first-order chi connectivity index (χ1) is 7.54. The van der Waals surface area contributed by atoms with Crippen LogP contribution in [-0.4, -0.2) is 27.4 Å². The molecule has 16 heavy (non-hydrogen) atoms. The summed E-state index contributed by atoms with van der Waals surface area (Å²) in [6.45, 7) is 3.30. The minimum Gasteiger partial charge on any atom is -0.308 e. The van der Waals surface area contributed by atoms with Crippen molar-refractivity contribution >= 4 is 34.6 Å². The van der Waals surface area contributed by atoms with Gasteiger partial charge in [0.15, 0.2) is 10.1 Å². The number of nitrogens with zero attached hydrogens (tertiary/aromatic N) is 3. The molecule has 84 valence electrons. The zero-order chi connectivity index (χ0) is 12.1. The van der Waals surface area contributed by atoms with E-state index < -0.39 is 5.92 Å². The molecule has 0 bridgehead atoms. The SMILES string of the molecule is CC(=N)[C@H](C#N)C(=O)CSc1nnc(C)s1. The summed E-state index contributed by atoms with van der Waals surface area (Å²) in [5.74, 6) is -1.03. The van der Waals surface area contributed by atoms with E-state index in [2.05, 4.69) is 10.2 Å². The number of hydrogen-bond donors (Lipinski definition) is 1. The van der Waals surface area contributed by atoms with Crippen LogP contribution in [0.4, 0.5) is 0 Å². The van der Waals surface area contributed by atoms with Gasteiger partial charge in [0.05, 0.1) is 11.8 Å². The summed E-state index contributed by atoms with van der Waals surface area (Å²) < 4.78 is 0.713. The van der Waals surface area contributed by atoms with E-state index in [1.165, 1.54) is 30.0 Å². The minimum absolute atomic E-state index is 0.0848. The third-order valence-electron chi connectivity index (χ3n) is 1.73. The summed E-state index contributed by atoms with van der Waals surface area (Å²) in [5.41, 5.74) is 0.0848. The number of carbonyl (C=O) groups excluding carboxylic acids is 1. The van der Waals surface area contributed by atoms with Crippen molar-refractivity contribution in [3.8, 4) is 6.07 Å². The molecule has 0 aliphatic heterocycles. The summed E-state index contributed by atoms with van der Waals surface area (Å²) in [6.07, 6.45) is 0. The van der Waals surface area contributed by atoms with Crippen molar-refractivity contribution in [2.45, 2.75) is 18.2 Å². The predicted molar refractivity (Wildman–Crippen MR) is 62.9 cm³/mol. The number of hydrogen-bond acceptors (Lipinski definition) is 7. The molecule has 0 radical (unpaired) electrons. The zero-order valence-electron chi connectivity index (χ0n) is 8.85. The van der Waals surface area contributed by atoms with Crippen LogP contribution in [0.2, 0.25) is 0 Å². The Balaban J connectivity index is 2.53. The van der Waals surface area contributed by atoms with Crippen LogP contribution in [0, 0.1) is 29.6 Å². The topological polar surface area (TPSA) is 90.5 Å². The highest BCUT2D eigenvalue weighted by Crippen LogP contribution is 2.22. The van der Waals surface area contributed by atoms with Gasteiger partial charge in [-0.25, -0.2) is 0 Å².